The number of nitrogens with one attached hydrogen (secondary N) is 2. The maximum absolute atomic E-state index is 11.7. The summed E-state index contributed by atoms with van der Waals surface area (Å²) in [6, 6.07) is 9.13. The molecular formula is C16H23N3O. The number of benzene rings is 1. The van der Waals surface area contributed by atoms with Crippen molar-refractivity contribution in [2.45, 2.75) is 25.3 Å². The zero-order valence-electron chi connectivity index (χ0n) is 12.1. The summed E-state index contributed by atoms with van der Waals surface area (Å²) in [4.78, 5) is 14.2. The lowest BCUT2D eigenvalue weighted by molar-refractivity contribution is -0.126. The molecule has 2 aliphatic heterocycles. The number of nitrogens with zero attached hydrogens (tertiary/aromatic N) is 1. The lowest BCUT2D eigenvalue weighted by atomic mass is 9.92. The first-order valence-electron chi connectivity index (χ1n) is 7.55. The van der Waals surface area contributed by atoms with E-state index in [1.54, 1.807) is 7.05 Å². The van der Waals surface area contributed by atoms with Crippen LogP contribution in [-0.4, -0.2) is 43.5 Å². The van der Waals surface area contributed by atoms with Crippen LogP contribution in [0.15, 0.2) is 24.3 Å². The summed E-state index contributed by atoms with van der Waals surface area (Å²) < 4.78 is 0. The molecular weight excluding hydrogens is 250 g/mol. The molecule has 108 valence electrons. The average molecular weight is 273 g/mol. The van der Waals surface area contributed by atoms with Crippen LogP contribution in [0.4, 0.5) is 5.69 Å². The van der Waals surface area contributed by atoms with Gasteiger partial charge in [0.1, 0.15) is 0 Å². The Morgan fingerprint density at radius 1 is 1.30 bits per heavy atom. The van der Waals surface area contributed by atoms with Crippen molar-refractivity contribution in [3.8, 4) is 0 Å². The van der Waals surface area contributed by atoms with Crippen molar-refractivity contribution in [3.63, 3.8) is 0 Å². The molecule has 1 aromatic rings. The number of carbonyl (C=O) groups is 1. The first kappa shape index (κ1) is 13.4. The van der Waals surface area contributed by atoms with E-state index in [1.165, 1.54) is 11.3 Å². The fourth-order valence-electron chi connectivity index (χ4n) is 3.41. The molecule has 20 heavy (non-hydrogen) atoms. The highest BCUT2D eigenvalue weighted by atomic mass is 16.1. The topological polar surface area (TPSA) is 44.4 Å². The molecule has 0 aromatic heterocycles. The van der Waals surface area contributed by atoms with Gasteiger partial charge in [-0.15, -0.1) is 0 Å². The summed E-state index contributed by atoms with van der Waals surface area (Å²) in [5, 5.41) is 6.31. The maximum Gasteiger partial charge on any atom is 0.222 e. The Morgan fingerprint density at radius 3 is 2.80 bits per heavy atom. The summed E-state index contributed by atoms with van der Waals surface area (Å²) in [6.07, 6.45) is 3.09. The van der Waals surface area contributed by atoms with Crippen molar-refractivity contribution in [2.75, 3.05) is 32.0 Å². The number of hydrogen-bond acceptors (Lipinski definition) is 3. The molecule has 0 spiro atoms. The number of rotatable bonds is 2. The molecule has 2 aliphatic rings. The van der Waals surface area contributed by atoms with Gasteiger partial charge in [0.2, 0.25) is 5.91 Å². The molecule has 0 saturated carbocycles. The van der Waals surface area contributed by atoms with Crippen molar-refractivity contribution in [1.29, 1.82) is 0 Å². The van der Waals surface area contributed by atoms with Crippen LogP contribution in [0.1, 0.15) is 18.4 Å². The predicted octanol–water partition coefficient (Wildman–Crippen LogP) is 1.48. The van der Waals surface area contributed by atoms with E-state index in [1.807, 2.05) is 0 Å². The van der Waals surface area contributed by atoms with Crippen molar-refractivity contribution in [3.05, 3.63) is 29.8 Å². The second kappa shape index (κ2) is 5.83. The van der Waals surface area contributed by atoms with E-state index < -0.39 is 0 Å². The third kappa shape index (κ3) is 2.66. The fourth-order valence-corrected chi connectivity index (χ4v) is 3.41. The van der Waals surface area contributed by atoms with Gasteiger partial charge in [-0.1, -0.05) is 18.2 Å². The number of fused-ring (bicyclic) bond motifs is 1. The van der Waals surface area contributed by atoms with Gasteiger partial charge in [-0.25, -0.2) is 0 Å². The van der Waals surface area contributed by atoms with E-state index in [9.17, 15) is 4.79 Å². The predicted molar refractivity (Wildman–Crippen MR) is 80.8 cm³/mol. The molecule has 4 heteroatoms. The first-order valence-corrected chi connectivity index (χ1v) is 7.55. The highest BCUT2D eigenvalue weighted by molar-refractivity contribution is 5.78. The van der Waals surface area contributed by atoms with Gasteiger partial charge in [0, 0.05) is 31.2 Å². The van der Waals surface area contributed by atoms with E-state index in [0.717, 1.165) is 38.9 Å². The molecule has 1 saturated heterocycles. The number of para-hydroxylation sites is 1. The summed E-state index contributed by atoms with van der Waals surface area (Å²) in [7, 11) is 1.73. The minimum Gasteiger partial charge on any atom is -0.383 e. The zero-order valence-corrected chi connectivity index (χ0v) is 12.1. The molecule has 1 aromatic carbocycles. The van der Waals surface area contributed by atoms with E-state index in [2.05, 4.69) is 39.8 Å². The molecule has 1 atom stereocenters. The molecule has 2 N–H and O–H groups in total. The number of carbonyl (C=O) groups excluding carboxylic acids is 1. The summed E-state index contributed by atoms with van der Waals surface area (Å²) in [5.41, 5.74) is 2.70. The van der Waals surface area contributed by atoms with Crippen LogP contribution in [0.25, 0.3) is 0 Å². The number of hydrogen-bond donors (Lipinski definition) is 2. The summed E-state index contributed by atoms with van der Waals surface area (Å²) in [5.74, 6) is 0.414. The summed E-state index contributed by atoms with van der Waals surface area (Å²) >= 11 is 0. The van der Waals surface area contributed by atoms with Crippen LogP contribution in [0.3, 0.4) is 0 Å². The largest absolute Gasteiger partial charge is 0.383 e. The molecule has 4 nitrogen and oxygen atoms in total. The second-order valence-electron chi connectivity index (χ2n) is 5.82. The van der Waals surface area contributed by atoms with Crippen LogP contribution in [0.5, 0.6) is 0 Å². The quantitative estimate of drug-likeness (QED) is 0.858. The molecule has 0 bridgehead atoms. The van der Waals surface area contributed by atoms with E-state index in [4.69, 9.17) is 0 Å². The van der Waals surface area contributed by atoms with E-state index in [-0.39, 0.29) is 11.8 Å². The lowest BCUT2D eigenvalue weighted by Gasteiger charge is -2.39. The molecule has 3 rings (SSSR count). The van der Waals surface area contributed by atoms with Crippen LogP contribution in [0.2, 0.25) is 0 Å². The minimum absolute atomic E-state index is 0.205. The van der Waals surface area contributed by atoms with Gasteiger partial charge >= 0.3 is 0 Å². The Balaban J connectivity index is 1.59. The maximum atomic E-state index is 11.7. The minimum atomic E-state index is 0.205. The van der Waals surface area contributed by atoms with Gasteiger partial charge in [0.25, 0.3) is 0 Å². The van der Waals surface area contributed by atoms with Crippen molar-refractivity contribution in [1.82, 2.24) is 10.2 Å². The number of amides is 1. The standard InChI is InChI=1S/C16H23N3O/c1-17-16(20)12-6-8-19(9-7-12)14-10-13-4-2-3-5-15(13)18-11-14/h2-5,12,14,18H,6-11H2,1H3,(H,17,20). The molecule has 2 heterocycles. The number of anilines is 1. The Morgan fingerprint density at radius 2 is 2.05 bits per heavy atom. The Kier molecular flexibility index (Phi) is 3.92. The monoisotopic (exact) mass is 273 g/mol. The van der Waals surface area contributed by atoms with Gasteiger partial charge in [-0.2, -0.15) is 0 Å². The van der Waals surface area contributed by atoms with Crippen LogP contribution in [-0.2, 0) is 11.2 Å². The third-order valence-electron chi connectivity index (χ3n) is 4.66. The van der Waals surface area contributed by atoms with Crippen molar-refractivity contribution in [2.24, 2.45) is 5.92 Å². The average Bonchev–Trinajstić information content (AvgIpc) is 2.54. The lowest BCUT2D eigenvalue weighted by Crippen LogP contribution is -2.49. The normalized spacial score (nSPS) is 23.8. The van der Waals surface area contributed by atoms with Gasteiger partial charge < -0.3 is 10.6 Å². The van der Waals surface area contributed by atoms with E-state index in [0.29, 0.717) is 6.04 Å². The van der Waals surface area contributed by atoms with Crippen molar-refractivity contribution >= 4 is 11.6 Å². The Labute approximate surface area is 120 Å². The molecule has 1 fully saturated rings. The zero-order chi connectivity index (χ0) is 13.9. The molecule has 1 amide bonds. The Bertz CT molecular complexity index is 480. The van der Waals surface area contributed by atoms with Crippen LogP contribution >= 0.6 is 0 Å². The first-order chi connectivity index (χ1) is 9.78. The number of piperidine rings is 1. The Hall–Kier alpha value is -1.55. The van der Waals surface area contributed by atoms with Gasteiger partial charge in [-0.05, 0) is 44.0 Å². The third-order valence-corrected chi connectivity index (χ3v) is 4.66. The van der Waals surface area contributed by atoms with Gasteiger partial charge in [0.15, 0.2) is 0 Å². The number of likely N-dealkylation sites (tertiary alicyclic amines) is 1. The highest BCUT2D eigenvalue weighted by Crippen LogP contribution is 2.26. The van der Waals surface area contributed by atoms with Crippen molar-refractivity contribution < 1.29 is 4.79 Å². The highest BCUT2D eigenvalue weighted by Gasteiger charge is 2.29. The smallest absolute Gasteiger partial charge is 0.222 e. The van der Waals surface area contributed by atoms with Gasteiger partial charge in [-0.3, -0.25) is 9.69 Å². The fraction of sp³-hybridized carbons (Fsp3) is 0.562. The molecule has 1 unspecified atom stereocenters. The molecule has 0 aliphatic carbocycles. The van der Waals surface area contributed by atoms with Crippen LogP contribution in [0, 0.1) is 5.92 Å². The second-order valence-corrected chi connectivity index (χ2v) is 5.82. The summed E-state index contributed by atoms with van der Waals surface area (Å²) in [6.45, 7) is 3.08. The van der Waals surface area contributed by atoms with E-state index >= 15 is 0 Å². The van der Waals surface area contributed by atoms with Gasteiger partial charge in [0.05, 0.1) is 0 Å². The SMILES string of the molecule is CNC(=O)C1CCN(C2CNc3ccccc3C2)CC1. The molecule has 0 radical (unpaired) electrons. The van der Waals surface area contributed by atoms with Crippen LogP contribution < -0.4 is 10.6 Å².